The Kier molecular flexibility index (Phi) is 4.02. The molecule has 2 aromatic rings. The molecule has 5 heteroatoms. The molecule has 1 aliphatic heterocycles. The lowest BCUT2D eigenvalue weighted by molar-refractivity contribution is -0.123. The van der Waals surface area contributed by atoms with Crippen LogP contribution in [-0.2, 0) is 17.6 Å². The molecular formula is C20H25N3O2. The highest BCUT2D eigenvalue weighted by atomic mass is 16.2. The van der Waals surface area contributed by atoms with Crippen LogP contribution < -0.4 is 5.73 Å². The normalized spacial score (nSPS) is 23.5. The molecule has 25 heavy (non-hydrogen) atoms. The molecule has 0 spiro atoms. The lowest BCUT2D eigenvalue weighted by Gasteiger charge is -2.31. The van der Waals surface area contributed by atoms with E-state index >= 15 is 0 Å². The minimum Gasteiger partial charge on any atom is -0.369 e. The van der Waals surface area contributed by atoms with Gasteiger partial charge < -0.3 is 15.6 Å². The number of benzene rings is 1. The van der Waals surface area contributed by atoms with Crippen LogP contribution in [0.1, 0.15) is 47.8 Å². The summed E-state index contributed by atoms with van der Waals surface area (Å²) in [4.78, 5) is 29.9. The highest BCUT2D eigenvalue weighted by Gasteiger charge is 2.29. The number of carbonyl (C=O) groups excluding carboxylic acids is 2. The molecule has 2 atom stereocenters. The van der Waals surface area contributed by atoms with Gasteiger partial charge in [0, 0.05) is 24.2 Å². The van der Waals surface area contributed by atoms with Crippen LogP contribution in [0.15, 0.2) is 18.2 Å². The zero-order valence-electron chi connectivity index (χ0n) is 14.7. The molecule has 0 saturated carbocycles. The van der Waals surface area contributed by atoms with E-state index in [-0.39, 0.29) is 17.7 Å². The van der Waals surface area contributed by atoms with Crippen LogP contribution in [0, 0.1) is 11.8 Å². The number of likely N-dealkylation sites (tertiary alicyclic amines) is 1. The Morgan fingerprint density at radius 3 is 2.92 bits per heavy atom. The molecule has 1 aromatic carbocycles. The lowest BCUT2D eigenvalue weighted by Crippen LogP contribution is -2.44. The molecule has 0 bridgehead atoms. The average Bonchev–Trinajstić information content (AvgIpc) is 2.99. The number of H-pyrrole nitrogens is 1. The van der Waals surface area contributed by atoms with Gasteiger partial charge in [0.1, 0.15) is 0 Å². The van der Waals surface area contributed by atoms with Gasteiger partial charge in [-0.15, -0.1) is 0 Å². The minimum atomic E-state index is -0.306. The number of carbonyl (C=O) groups is 2. The van der Waals surface area contributed by atoms with Gasteiger partial charge in [-0.3, -0.25) is 9.59 Å². The Bertz CT molecular complexity index is 839. The monoisotopic (exact) mass is 339 g/mol. The van der Waals surface area contributed by atoms with Crippen molar-refractivity contribution in [3.05, 3.63) is 35.0 Å². The van der Waals surface area contributed by atoms with Crippen LogP contribution >= 0.6 is 0 Å². The Morgan fingerprint density at radius 1 is 1.28 bits per heavy atom. The van der Waals surface area contributed by atoms with E-state index in [2.05, 4.69) is 18.0 Å². The Labute approximate surface area is 147 Å². The number of aryl methyl sites for hydroxylation is 1. The molecule has 1 fully saturated rings. The van der Waals surface area contributed by atoms with Crippen molar-refractivity contribution in [3.63, 3.8) is 0 Å². The summed E-state index contributed by atoms with van der Waals surface area (Å²) in [6, 6.07) is 5.98. The molecule has 1 aliphatic carbocycles. The number of para-hydroxylation sites is 1. The van der Waals surface area contributed by atoms with Gasteiger partial charge in [-0.25, -0.2) is 0 Å². The largest absolute Gasteiger partial charge is 0.369 e. The second kappa shape index (κ2) is 6.21. The fraction of sp³-hybridized carbons (Fsp3) is 0.500. The zero-order valence-corrected chi connectivity index (χ0v) is 14.7. The van der Waals surface area contributed by atoms with E-state index in [1.165, 1.54) is 23.1 Å². The van der Waals surface area contributed by atoms with E-state index in [1.54, 1.807) is 4.90 Å². The van der Waals surface area contributed by atoms with Gasteiger partial charge >= 0.3 is 0 Å². The number of aromatic amines is 1. The Balaban J connectivity index is 1.69. The highest BCUT2D eigenvalue weighted by molar-refractivity contribution is 6.07. The van der Waals surface area contributed by atoms with Crippen LogP contribution in [0.3, 0.4) is 0 Å². The van der Waals surface area contributed by atoms with Gasteiger partial charge in [0.25, 0.3) is 5.91 Å². The van der Waals surface area contributed by atoms with Crippen molar-refractivity contribution >= 4 is 22.7 Å². The molecule has 2 amide bonds. The first-order valence-electron chi connectivity index (χ1n) is 9.25. The standard InChI is InChI=1S/C20H25N3O2/c1-12-7-8-17-16(10-12)14-5-2-6-15(18(14)22-17)20(25)23-9-3-4-13(11-23)19(21)24/h2,5-6,12-13,22H,3-4,7-11H2,1H3,(H2,21,24)/t12-,13+/m0/s1. The summed E-state index contributed by atoms with van der Waals surface area (Å²) < 4.78 is 0. The van der Waals surface area contributed by atoms with E-state index < -0.39 is 0 Å². The number of hydrogen-bond acceptors (Lipinski definition) is 2. The fourth-order valence-electron chi connectivity index (χ4n) is 4.36. The summed E-state index contributed by atoms with van der Waals surface area (Å²) >= 11 is 0. The molecule has 0 radical (unpaired) electrons. The van der Waals surface area contributed by atoms with Gasteiger partial charge in [0.15, 0.2) is 0 Å². The molecule has 3 N–H and O–H groups in total. The number of primary amides is 1. The Hall–Kier alpha value is -2.30. The molecule has 2 heterocycles. The number of rotatable bonds is 2. The third-order valence-electron chi connectivity index (χ3n) is 5.81. The van der Waals surface area contributed by atoms with E-state index in [1.807, 2.05) is 12.1 Å². The maximum absolute atomic E-state index is 13.1. The number of fused-ring (bicyclic) bond motifs is 3. The number of piperidine rings is 1. The zero-order chi connectivity index (χ0) is 17.6. The van der Waals surface area contributed by atoms with E-state index in [0.29, 0.717) is 24.6 Å². The summed E-state index contributed by atoms with van der Waals surface area (Å²) in [7, 11) is 0. The predicted molar refractivity (Wildman–Crippen MR) is 97.3 cm³/mol. The van der Waals surface area contributed by atoms with Crippen molar-refractivity contribution in [1.29, 1.82) is 0 Å². The number of nitrogens with two attached hydrogens (primary N) is 1. The number of amides is 2. The van der Waals surface area contributed by atoms with E-state index in [4.69, 9.17) is 5.73 Å². The van der Waals surface area contributed by atoms with E-state index in [0.717, 1.165) is 31.2 Å². The number of nitrogens with one attached hydrogen (secondary N) is 1. The van der Waals surface area contributed by atoms with Crippen LogP contribution in [-0.4, -0.2) is 34.8 Å². The predicted octanol–water partition coefficient (Wildman–Crippen LogP) is 2.63. The first-order valence-corrected chi connectivity index (χ1v) is 9.25. The van der Waals surface area contributed by atoms with Gasteiger partial charge in [-0.1, -0.05) is 19.1 Å². The van der Waals surface area contributed by atoms with Crippen molar-refractivity contribution in [1.82, 2.24) is 9.88 Å². The summed E-state index contributed by atoms with van der Waals surface area (Å²) in [5.74, 6) is 0.155. The number of nitrogens with zero attached hydrogens (tertiary/aromatic N) is 1. The molecular weight excluding hydrogens is 314 g/mol. The van der Waals surface area contributed by atoms with Gasteiger partial charge in [-0.2, -0.15) is 0 Å². The summed E-state index contributed by atoms with van der Waals surface area (Å²) in [6.45, 7) is 3.41. The van der Waals surface area contributed by atoms with Crippen molar-refractivity contribution in [2.45, 2.75) is 39.0 Å². The maximum Gasteiger partial charge on any atom is 0.256 e. The summed E-state index contributed by atoms with van der Waals surface area (Å²) in [5, 5.41) is 1.18. The smallest absolute Gasteiger partial charge is 0.256 e. The van der Waals surface area contributed by atoms with Crippen molar-refractivity contribution in [3.8, 4) is 0 Å². The van der Waals surface area contributed by atoms with Crippen LogP contribution in [0.2, 0.25) is 0 Å². The molecule has 0 unspecified atom stereocenters. The topological polar surface area (TPSA) is 79.2 Å². The molecule has 5 nitrogen and oxygen atoms in total. The number of aromatic nitrogens is 1. The lowest BCUT2D eigenvalue weighted by atomic mass is 9.87. The maximum atomic E-state index is 13.1. The second-order valence-corrected chi connectivity index (χ2v) is 7.65. The van der Waals surface area contributed by atoms with Crippen LogP contribution in [0.5, 0.6) is 0 Å². The van der Waals surface area contributed by atoms with Gasteiger partial charge in [-0.05, 0) is 49.7 Å². The highest BCUT2D eigenvalue weighted by Crippen LogP contribution is 2.33. The summed E-state index contributed by atoms with van der Waals surface area (Å²) in [5.41, 5.74) is 9.77. The van der Waals surface area contributed by atoms with Crippen molar-refractivity contribution in [2.24, 2.45) is 17.6 Å². The number of hydrogen-bond donors (Lipinski definition) is 2. The SMILES string of the molecule is C[C@H]1CCc2[nH]c3c(C(=O)N4CCC[C@@H](C(N)=O)C4)cccc3c2C1. The molecule has 2 aliphatic rings. The van der Waals surface area contributed by atoms with Gasteiger partial charge in [0.05, 0.1) is 17.0 Å². The molecule has 1 saturated heterocycles. The van der Waals surface area contributed by atoms with Crippen LogP contribution in [0.4, 0.5) is 0 Å². The quantitative estimate of drug-likeness (QED) is 0.882. The average molecular weight is 339 g/mol. The summed E-state index contributed by atoms with van der Waals surface area (Å²) in [6.07, 6.45) is 4.91. The third kappa shape index (κ3) is 2.81. The van der Waals surface area contributed by atoms with Crippen LogP contribution in [0.25, 0.3) is 10.9 Å². The van der Waals surface area contributed by atoms with Crippen molar-refractivity contribution in [2.75, 3.05) is 13.1 Å². The van der Waals surface area contributed by atoms with E-state index in [9.17, 15) is 9.59 Å². The van der Waals surface area contributed by atoms with Crippen molar-refractivity contribution < 1.29 is 9.59 Å². The Morgan fingerprint density at radius 2 is 2.12 bits per heavy atom. The molecule has 132 valence electrons. The molecule has 1 aromatic heterocycles. The molecule has 4 rings (SSSR count). The van der Waals surface area contributed by atoms with Gasteiger partial charge in [0.2, 0.25) is 5.91 Å². The third-order valence-corrected chi connectivity index (χ3v) is 5.81. The second-order valence-electron chi connectivity index (χ2n) is 7.65. The fourth-order valence-corrected chi connectivity index (χ4v) is 4.36. The first-order chi connectivity index (χ1) is 12.0. The first kappa shape index (κ1) is 16.2. The minimum absolute atomic E-state index is 0.00296.